The van der Waals surface area contributed by atoms with Gasteiger partial charge in [0.05, 0.1) is 38.1 Å². The lowest BCUT2D eigenvalue weighted by Gasteiger charge is -2.31. The third-order valence-corrected chi connectivity index (χ3v) is 5.54. The zero-order valence-corrected chi connectivity index (χ0v) is 17.6. The van der Waals surface area contributed by atoms with Crippen LogP contribution in [0.3, 0.4) is 0 Å². The summed E-state index contributed by atoms with van der Waals surface area (Å²) in [5, 5.41) is 11.6. The molecule has 31 heavy (non-hydrogen) atoms. The Balaban J connectivity index is 1.29. The Bertz CT molecular complexity index is 1040. The molecule has 1 aliphatic rings. The summed E-state index contributed by atoms with van der Waals surface area (Å²) < 4.78 is 0. The normalized spacial score (nSPS) is 14.4. The lowest BCUT2D eigenvalue weighted by molar-refractivity contribution is -0.895. The number of aryl methyl sites for hydroxylation is 1. The fraction of sp³-hybridized carbons (Fsp3) is 0.304. The molecular formula is C23H27N6O2+. The van der Waals surface area contributed by atoms with Gasteiger partial charge in [0.1, 0.15) is 0 Å². The number of piperazine rings is 1. The molecule has 2 heterocycles. The summed E-state index contributed by atoms with van der Waals surface area (Å²) in [6.07, 6.45) is 2.38. The van der Waals surface area contributed by atoms with Gasteiger partial charge < -0.3 is 15.1 Å². The molecule has 1 aliphatic heterocycles. The van der Waals surface area contributed by atoms with E-state index in [9.17, 15) is 9.59 Å². The Morgan fingerprint density at radius 1 is 1.03 bits per heavy atom. The molecule has 0 radical (unpaired) electrons. The number of amides is 2. The first-order valence-electron chi connectivity index (χ1n) is 10.6. The molecule has 4 rings (SSSR count). The second-order valence-electron chi connectivity index (χ2n) is 7.63. The highest BCUT2D eigenvalue weighted by atomic mass is 16.2. The van der Waals surface area contributed by atoms with Gasteiger partial charge in [0.15, 0.2) is 12.2 Å². The molecule has 3 aromatic rings. The van der Waals surface area contributed by atoms with Crippen LogP contribution in [0.5, 0.6) is 0 Å². The summed E-state index contributed by atoms with van der Waals surface area (Å²) in [5.41, 5.74) is 3.15. The van der Waals surface area contributed by atoms with E-state index in [4.69, 9.17) is 0 Å². The zero-order valence-electron chi connectivity index (χ0n) is 17.6. The van der Waals surface area contributed by atoms with Crippen LogP contribution in [0, 0.1) is 0 Å². The van der Waals surface area contributed by atoms with E-state index in [1.165, 1.54) is 15.9 Å². The van der Waals surface area contributed by atoms with Gasteiger partial charge in [-0.25, -0.2) is 0 Å². The summed E-state index contributed by atoms with van der Waals surface area (Å²) in [5.74, 6) is -0.121. The molecule has 160 valence electrons. The molecule has 0 unspecified atom stereocenters. The van der Waals surface area contributed by atoms with Crippen molar-refractivity contribution in [1.82, 2.24) is 19.9 Å². The lowest BCUT2D eigenvalue weighted by atomic mass is 10.1. The van der Waals surface area contributed by atoms with Gasteiger partial charge in [-0.05, 0) is 30.2 Å². The predicted octanol–water partition coefficient (Wildman–Crippen LogP) is 0.809. The smallest absolute Gasteiger partial charge is 0.279 e. The van der Waals surface area contributed by atoms with Crippen molar-refractivity contribution < 1.29 is 14.5 Å². The molecule has 1 fully saturated rings. The van der Waals surface area contributed by atoms with Crippen LogP contribution in [-0.2, 0) is 11.2 Å². The molecule has 0 atom stereocenters. The van der Waals surface area contributed by atoms with Crippen LogP contribution < -0.4 is 10.2 Å². The zero-order chi connectivity index (χ0) is 21.6. The minimum atomic E-state index is -0.123. The van der Waals surface area contributed by atoms with Crippen molar-refractivity contribution in [3.63, 3.8) is 0 Å². The van der Waals surface area contributed by atoms with Gasteiger partial charge in [0.2, 0.25) is 0 Å². The van der Waals surface area contributed by atoms with Gasteiger partial charge in [0.25, 0.3) is 11.8 Å². The van der Waals surface area contributed by atoms with Crippen LogP contribution >= 0.6 is 0 Å². The van der Waals surface area contributed by atoms with Crippen LogP contribution in [0.2, 0.25) is 0 Å². The van der Waals surface area contributed by atoms with Crippen molar-refractivity contribution in [3.05, 3.63) is 72.1 Å². The number of aromatic nitrogens is 3. The third kappa shape index (κ3) is 4.97. The van der Waals surface area contributed by atoms with Gasteiger partial charge in [-0.2, -0.15) is 9.90 Å². The Morgan fingerprint density at radius 3 is 2.48 bits per heavy atom. The van der Waals surface area contributed by atoms with Crippen LogP contribution in [0.1, 0.15) is 23.0 Å². The van der Waals surface area contributed by atoms with Gasteiger partial charge in [-0.3, -0.25) is 9.59 Å². The summed E-state index contributed by atoms with van der Waals surface area (Å²) >= 11 is 0. The molecule has 0 spiro atoms. The number of carbonyl (C=O) groups is 2. The van der Waals surface area contributed by atoms with Crippen molar-refractivity contribution in [3.8, 4) is 5.69 Å². The fourth-order valence-electron chi connectivity index (χ4n) is 3.78. The highest BCUT2D eigenvalue weighted by Gasteiger charge is 2.27. The molecule has 1 aromatic heterocycles. The Hall–Kier alpha value is -3.52. The Morgan fingerprint density at radius 2 is 1.74 bits per heavy atom. The number of para-hydroxylation sites is 2. The van der Waals surface area contributed by atoms with E-state index >= 15 is 0 Å². The van der Waals surface area contributed by atoms with E-state index < -0.39 is 0 Å². The molecule has 2 N–H and O–H groups in total. The summed E-state index contributed by atoms with van der Waals surface area (Å²) in [7, 11) is 0. The first kappa shape index (κ1) is 20.7. The van der Waals surface area contributed by atoms with Crippen LogP contribution in [0.25, 0.3) is 5.69 Å². The first-order chi connectivity index (χ1) is 15.1. The van der Waals surface area contributed by atoms with Crippen LogP contribution in [0.15, 0.2) is 60.8 Å². The number of carbonyl (C=O) groups excluding carboxylic acids is 2. The van der Waals surface area contributed by atoms with Crippen molar-refractivity contribution in [2.75, 3.05) is 38.0 Å². The molecule has 1 saturated heterocycles. The maximum absolute atomic E-state index is 12.8. The van der Waals surface area contributed by atoms with Crippen molar-refractivity contribution >= 4 is 17.5 Å². The highest BCUT2D eigenvalue weighted by molar-refractivity contribution is 5.92. The number of hydrogen-bond donors (Lipinski definition) is 2. The third-order valence-electron chi connectivity index (χ3n) is 5.54. The largest absolute Gasteiger partial charge is 0.326 e. The first-order valence-corrected chi connectivity index (χ1v) is 10.6. The van der Waals surface area contributed by atoms with Crippen molar-refractivity contribution in [1.29, 1.82) is 0 Å². The predicted molar refractivity (Wildman–Crippen MR) is 117 cm³/mol. The summed E-state index contributed by atoms with van der Waals surface area (Å²) in [6.45, 7) is 5.09. The van der Waals surface area contributed by atoms with E-state index in [0.717, 1.165) is 36.4 Å². The molecule has 2 amide bonds. The lowest BCUT2D eigenvalue weighted by Crippen LogP contribution is -3.15. The van der Waals surface area contributed by atoms with E-state index in [1.54, 1.807) is 4.90 Å². The maximum Gasteiger partial charge on any atom is 0.279 e. The van der Waals surface area contributed by atoms with Gasteiger partial charge in [0, 0.05) is 5.69 Å². The van der Waals surface area contributed by atoms with Gasteiger partial charge in [-0.1, -0.05) is 43.3 Å². The summed E-state index contributed by atoms with van der Waals surface area (Å²) in [6, 6.07) is 17.4. The maximum atomic E-state index is 12.8. The Labute approximate surface area is 181 Å². The van der Waals surface area contributed by atoms with Crippen LogP contribution in [-0.4, -0.2) is 64.4 Å². The molecule has 2 aromatic carbocycles. The minimum absolute atomic E-state index is 0.00137. The van der Waals surface area contributed by atoms with E-state index in [0.29, 0.717) is 25.3 Å². The molecule has 8 heteroatoms. The van der Waals surface area contributed by atoms with E-state index in [1.807, 2.05) is 54.6 Å². The number of rotatable bonds is 6. The molecular weight excluding hydrogens is 392 g/mol. The quantitative estimate of drug-likeness (QED) is 0.619. The minimum Gasteiger partial charge on any atom is -0.326 e. The Kier molecular flexibility index (Phi) is 6.37. The molecule has 0 aliphatic carbocycles. The molecule has 0 saturated carbocycles. The van der Waals surface area contributed by atoms with Crippen LogP contribution in [0.4, 0.5) is 5.69 Å². The number of quaternary nitrogens is 1. The fourth-order valence-corrected chi connectivity index (χ4v) is 3.78. The number of anilines is 1. The van der Waals surface area contributed by atoms with E-state index in [-0.39, 0.29) is 11.8 Å². The average molecular weight is 420 g/mol. The number of hydrogen-bond acceptors (Lipinski definition) is 4. The SMILES string of the molecule is CCc1ccccc1NC(=O)C[NH+]1CCN(C(=O)c2cnn(-c3ccccc3)n2)CC1. The second-order valence-corrected chi connectivity index (χ2v) is 7.63. The van der Waals surface area contributed by atoms with E-state index in [2.05, 4.69) is 22.4 Å². The monoisotopic (exact) mass is 419 g/mol. The molecule has 8 nitrogen and oxygen atoms in total. The topological polar surface area (TPSA) is 84.6 Å². The average Bonchev–Trinajstić information content (AvgIpc) is 3.30. The van der Waals surface area contributed by atoms with Gasteiger partial charge in [-0.15, -0.1) is 5.10 Å². The van der Waals surface area contributed by atoms with Crippen molar-refractivity contribution in [2.24, 2.45) is 0 Å². The van der Waals surface area contributed by atoms with Gasteiger partial charge >= 0.3 is 0 Å². The second kappa shape index (κ2) is 9.53. The van der Waals surface area contributed by atoms with Crippen molar-refractivity contribution in [2.45, 2.75) is 13.3 Å². The molecule has 0 bridgehead atoms. The number of benzene rings is 2. The standard InChI is InChI=1S/C23H26N6O2/c1-2-18-8-6-7-11-20(18)25-22(30)17-27-12-14-28(15-13-27)23(31)21-16-24-29(26-21)19-9-4-3-5-10-19/h3-11,16H,2,12-15,17H2,1H3,(H,25,30)/p+1. The number of nitrogens with one attached hydrogen (secondary N) is 2. The number of nitrogens with zero attached hydrogens (tertiary/aromatic N) is 4. The highest BCUT2D eigenvalue weighted by Crippen LogP contribution is 2.15. The summed E-state index contributed by atoms with van der Waals surface area (Å²) in [4.78, 5) is 29.7.